The molecule has 0 aliphatic heterocycles. The molecule has 0 fully saturated rings. The lowest BCUT2D eigenvalue weighted by atomic mass is 10.1. The second kappa shape index (κ2) is 9.81. The largest absolute Gasteiger partial charge is 0.493 e. The van der Waals surface area contributed by atoms with Gasteiger partial charge in [0, 0.05) is 13.6 Å². The smallest absolute Gasteiger partial charge is 0.173 e. The van der Waals surface area contributed by atoms with Crippen LogP contribution in [-0.4, -0.2) is 37.8 Å². The molecule has 2 aromatic rings. The molecule has 27 heavy (non-hydrogen) atoms. The number of nitrogens with zero attached hydrogens (tertiary/aromatic N) is 1. The fourth-order valence-corrected chi connectivity index (χ4v) is 3.50. The summed E-state index contributed by atoms with van der Waals surface area (Å²) in [7, 11) is 5.28. The van der Waals surface area contributed by atoms with Crippen LogP contribution in [0, 0.1) is 13.8 Å². The van der Waals surface area contributed by atoms with Crippen molar-refractivity contribution in [3.63, 3.8) is 0 Å². The monoisotopic (exact) mass is 406 g/mol. The Kier molecular flexibility index (Phi) is 7.75. The highest BCUT2D eigenvalue weighted by molar-refractivity contribution is 7.80. The van der Waals surface area contributed by atoms with Crippen molar-refractivity contribution in [3.8, 4) is 11.5 Å². The van der Waals surface area contributed by atoms with E-state index >= 15 is 0 Å². The van der Waals surface area contributed by atoms with E-state index < -0.39 is 0 Å². The van der Waals surface area contributed by atoms with Crippen molar-refractivity contribution in [3.05, 3.63) is 52.0 Å². The van der Waals surface area contributed by atoms with Gasteiger partial charge in [0.05, 0.1) is 24.9 Å². The Labute approximate surface area is 172 Å². The maximum atomic E-state index is 6.36. The van der Waals surface area contributed by atoms with Gasteiger partial charge in [-0.1, -0.05) is 23.7 Å². The van der Waals surface area contributed by atoms with Crippen LogP contribution >= 0.6 is 23.8 Å². The summed E-state index contributed by atoms with van der Waals surface area (Å²) < 4.78 is 10.6. The Bertz CT molecular complexity index is 788. The van der Waals surface area contributed by atoms with Crippen molar-refractivity contribution in [1.82, 2.24) is 4.90 Å². The van der Waals surface area contributed by atoms with Gasteiger partial charge in [-0.2, -0.15) is 0 Å². The third kappa shape index (κ3) is 5.75. The number of rotatable bonds is 7. The predicted molar refractivity (Wildman–Crippen MR) is 118 cm³/mol. The van der Waals surface area contributed by atoms with Gasteiger partial charge in [0.2, 0.25) is 0 Å². The Balaban J connectivity index is 1.90. The molecule has 2 aromatic carbocycles. The van der Waals surface area contributed by atoms with Crippen LogP contribution in [0.3, 0.4) is 0 Å². The first-order valence-electron chi connectivity index (χ1n) is 8.85. The van der Waals surface area contributed by atoms with E-state index in [9.17, 15) is 0 Å². The summed E-state index contributed by atoms with van der Waals surface area (Å²) >= 11 is 11.9. The molecule has 0 unspecified atom stereocenters. The van der Waals surface area contributed by atoms with Crippen LogP contribution in [0.2, 0.25) is 5.02 Å². The van der Waals surface area contributed by atoms with Crippen molar-refractivity contribution in [2.45, 2.75) is 26.7 Å². The first-order chi connectivity index (χ1) is 12.8. The molecule has 0 aliphatic carbocycles. The molecule has 146 valence electrons. The minimum absolute atomic E-state index is 0.663. The highest BCUT2D eigenvalue weighted by atomic mass is 35.5. The standard InChI is InChI=1S/C21H27ClN2O2S/c1-14-11-15(2)20(17(22)12-14)23-21(27)24(3)10-6-7-16-8-9-18(25-4)19(13-16)26-5/h8-9,11-13H,6-7,10H2,1-5H3,(H,23,27). The number of halogens is 1. The molecule has 0 heterocycles. The fraction of sp³-hybridized carbons (Fsp3) is 0.381. The number of thiocarbonyl (C=S) groups is 1. The highest BCUT2D eigenvalue weighted by Crippen LogP contribution is 2.29. The number of nitrogens with one attached hydrogen (secondary N) is 1. The molecule has 0 spiro atoms. The van der Waals surface area contributed by atoms with E-state index in [4.69, 9.17) is 33.3 Å². The molecule has 1 N–H and O–H groups in total. The van der Waals surface area contributed by atoms with Crippen molar-refractivity contribution < 1.29 is 9.47 Å². The molecule has 0 aromatic heterocycles. The maximum absolute atomic E-state index is 6.36. The van der Waals surface area contributed by atoms with Gasteiger partial charge in [-0.25, -0.2) is 0 Å². The van der Waals surface area contributed by atoms with Crippen LogP contribution in [0.5, 0.6) is 11.5 Å². The molecular weight excluding hydrogens is 380 g/mol. The average Bonchev–Trinajstić information content (AvgIpc) is 2.64. The molecule has 2 rings (SSSR count). The number of methoxy groups -OCH3 is 2. The van der Waals surface area contributed by atoms with Crippen molar-refractivity contribution in [2.24, 2.45) is 0 Å². The molecule has 0 amide bonds. The van der Waals surface area contributed by atoms with Gasteiger partial charge in [0.1, 0.15) is 0 Å². The van der Waals surface area contributed by atoms with Crippen molar-refractivity contribution >= 4 is 34.6 Å². The van der Waals surface area contributed by atoms with Gasteiger partial charge in [-0.05, 0) is 73.8 Å². The minimum atomic E-state index is 0.663. The Morgan fingerprint density at radius 1 is 1.11 bits per heavy atom. The summed E-state index contributed by atoms with van der Waals surface area (Å²) in [6.45, 7) is 4.89. The first-order valence-corrected chi connectivity index (χ1v) is 9.64. The summed E-state index contributed by atoms with van der Waals surface area (Å²) in [4.78, 5) is 2.03. The van der Waals surface area contributed by atoms with E-state index in [-0.39, 0.29) is 0 Å². The van der Waals surface area contributed by atoms with Crippen LogP contribution < -0.4 is 14.8 Å². The average molecular weight is 407 g/mol. The molecule has 0 aliphatic rings. The van der Waals surface area contributed by atoms with E-state index in [2.05, 4.69) is 17.4 Å². The molecule has 6 heteroatoms. The number of hydrogen-bond donors (Lipinski definition) is 1. The molecule has 0 radical (unpaired) electrons. The summed E-state index contributed by atoms with van der Waals surface area (Å²) in [5.74, 6) is 1.50. The number of anilines is 1. The Morgan fingerprint density at radius 3 is 2.44 bits per heavy atom. The van der Waals surface area contributed by atoms with Gasteiger partial charge in [-0.3, -0.25) is 0 Å². The lowest BCUT2D eigenvalue weighted by Gasteiger charge is -2.22. The molecule has 0 bridgehead atoms. The van der Waals surface area contributed by atoms with Crippen LogP contribution in [0.15, 0.2) is 30.3 Å². The molecular formula is C21H27ClN2O2S. The fourth-order valence-electron chi connectivity index (χ4n) is 2.93. The van der Waals surface area contributed by atoms with E-state index in [1.807, 2.05) is 44.0 Å². The second-order valence-corrected chi connectivity index (χ2v) is 7.38. The third-order valence-electron chi connectivity index (χ3n) is 4.42. The number of benzene rings is 2. The number of aryl methyl sites for hydroxylation is 3. The molecule has 0 atom stereocenters. The van der Waals surface area contributed by atoms with Gasteiger partial charge >= 0.3 is 0 Å². The lowest BCUT2D eigenvalue weighted by Crippen LogP contribution is -2.32. The van der Waals surface area contributed by atoms with Crippen LogP contribution in [0.4, 0.5) is 5.69 Å². The first kappa shape index (κ1) is 21.3. The SMILES string of the molecule is COc1ccc(CCCN(C)C(=S)Nc2c(C)cc(C)cc2Cl)cc1OC. The minimum Gasteiger partial charge on any atom is -0.493 e. The maximum Gasteiger partial charge on any atom is 0.173 e. The summed E-state index contributed by atoms with van der Waals surface area (Å²) in [5.41, 5.74) is 4.30. The molecule has 0 saturated carbocycles. The predicted octanol–water partition coefficient (Wildman–Crippen LogP) is 5.24. The van der Waals surface area contributed by atoms with Crippen LogP contribution in [0.25, 0.3) is 0 Å². The highest BCUT2D eigenvalue weighted by Gasteiger charge is 2.11. The summed E-state index contributed by atoms with van der Waals surface area (Å²) in [6.07, 6.45) is 1.89. The quantitative estimate of drug-likeness (QED) is 0.636. The van der Waals surface area contributed by atoms with E-state index in [1.165, 1.54) is 5.56 Å². The second-order valence-electron chi connectivity index (χ2n) is 6.58. The zero-order valence-corrected chi connectivity index (χ0v) is 18.1. The molecule has 0 saturated heterocycles. The zero-order valence-electron chi connectivity index (χ0n) is 16.6. The normalized spacial score (nSPS) is 10.4. The molecule has 4 nitrogen and oxygen atoms in total. The summed E-state index contributed by atoms with van der Waals surface area (Å²) in [5, 5.41) is 4.63. The Hall–Kier alpha value is -1.98. The van der Waals surface area contributed by atoms with Gasteiger partial charge < -0.3 is 19.7 Å². The topological polar surface area (TPSA) is 33.7 Å². The zero-order chi connectivity index (χ0) is 20.0. The van der Waals surface area contributed by atoms with Gasteiger partial charge in [0.25, 0.3) is 0 Å². The van der Waals surface area contributed by atoms with Crippen LogP contribution in [0.1, 0.15) is 23.1 Å². The number of hydrogen-bond acceptors (Lipinski definition) is 3. The van der Waals surface area contributed by atoms with E-state index in [1.54, 1.807) is 14.2 Å². The van der Waals surface area contributed by atoms with E-state index in [0.717, 1.165) is 47.7 Å². The van der Waals surface area contributed by atoms with Gasteiger partial charge in [0.15, 0.2) is 16.6 Å². The third-order valence-corrected chi connectivity index (χ3v) is 5.13. The van der Waals surface area contributed by atoms with E-state index in [0.29, 0.717) is 10.1 Å². The van der Waals surface area contributed by atoms with Gasteiger partial charge in [-0.15, -0.1) is 0 Å². The van der Waals surface area contributed by atoms with Crippen molar-refractivity contribution in [2.75, 3.05) is 33.1 Å². The Morgan fingerprint density at radius 2 is 1.81 bits per heavy atom. The van der Waals surface area contributed by atoms with Crippen LogP contribution in [-0.2, 0) is 6.42 Å². The lowest BCUT2D eigenvalue weighted by molar-refractivity contribution is 0.354. The summed E-state index contributed by atoms with van der Waals surface area (Å²) in [6, 6.07) is 10.1. The number of ether oxygens (including phenoxy) is 2. The van der Waals surface area contributed by atoms with Crippen molar-refractivity contribution in [1.29, 1.82) is 0 Å².